The second-order valence-corrected chi connectivity index (χ2v) is 6.66. The molecule has 142 valence electrons. The number of nitrogens with one attached hydrogen (secondary N) is 1. The van der Waals surface area contributed by atoms with Gasteiger partial charge in [-0.1, -0.05) is 37.3 Å². The van der Waals surface area contributed by atoms with E-state index in [1.807, 2.05) is 43.3 Å². The molecule has 0 unspecified atom stereocenters. The standard InChI is InChI=1S/C22H27N3O2/c1-3-9-22(26)23-16-21-24-18-11-5-6-12-19(18)25(21)14-8-15-27-20-13-7-4-10-17(20)2/h4-7,10-13H,3,8-9,14-16H2,1-2H3,(H,23,26). The fourth-order valence-electron chi connectivity index (χ4n) is 3.13. The van der Waals surface area contributed by atoms with E-state index >= 15 is 0 Å². The Morgan fingerprint density at radius 3 is 2.74 bits per heavy atom. The zero-order chi connectivity index (χ0) is 19.1. The molecule has 0 aliphatic rings. The fourth-order valence-corrected chi connectivity index (χ4v) is 3.13. The maximum absolute atomic E-state index is 11.8. The zero-order valence-electron chi connectivity index (χ0n) is 16.1. The number of para-hydroxylation sites is 3. The van der Waals surface area contributed by atoms with Crippen LogP contribution in [0.15, 0.2) is 48.5 Å². The van der Waals surface area contributed by atoms with Crippen LogP contribution in [0.1, 0.15) is 37.6 Å². The molecule has 1 aromatic heterocycles. The molecule has 3 rings (SSSR count). The van der Waals surface area contributed by atoms with Crippen LogP contribution in [0.5, 0.6) is 5.75 Å². The van der Waals surface area contributed by atoms with Crippen LogP contribution in [0.25, 0.3) is 11.0 Å². The van der Waals surface area contributed by atoms with E-state index in [-0.39, 0.29) is 5.91 Å². The number of carbonyl (C=O) groups is 1. The van der Waals surface area contributed by atoms with Gasteiger partial charge in [0.2, 0.25) is 5.91 Å². The second-order valence-electron chi connectivity index (χ2n) is 6.66. The van der Waals surface area contributed by atoms with Gasteiger partial charge in [0, 0.05) is 13.0 Å². The molecule has 1 N–H and O–H groups in total. The Bertz CT molecular complexity index is 901. The number of rotatable bonds is 9. The van der Waals surface area contributed by atoms with Crippen molar-refractivity contribution in [2.24, 2.45) is 0 Å². The highest BCUT2D eigenvalue weighted by molar-refractivity contribution is 5.77. The van der Waals surface area contributed by atoms with Crippen molar-refractivity contribution in [1.82, 2.24) is 14.9 Å². The van der Waals surface area contributed by atoms with Crippen LogP contribution < -0.4 is 10.1 Å². The largest absolute Gasteiger partial charge is 0.493 e. The first-order chi connectivity index (χ1) is 13.2. The molecular formula is C22H27N3O2. The minimum absolute atomic E-state index is 0.0685. The Balaban J connectivity index is 1.65. The molecule has 5 nitrogen and oxygen atoms in total. The molecule has 0 radical (unpaired) electrons. The Kier molecular flexibility index (Phi) is 6.47. The number of fused-ring (bicyclic) bond motifs is 1. The van der Waals surface area contributed by atoms with Gasteiger partial charge in [-0.3, -0.25) is 4.79 Å². The topological polar surface area (TPSA) is 56.2 Å². The third kappa shape index (κ3) is 4.88. The molecule has 2 aromatic carbocycles. The number of ether oxygens (including phenoxy) is 1. The van der Waals surface area contributed by atoms with E-state index in [0.717, 1.165) is 47.6 Å². The van der Waals surface area contributed by atoms with Crippen LogP contribution in [0.2, 0.25) is 0 Å². The van der Waals surface area contributed by atoms with Crippen molar-refractivity contribution in [2.45, 2.75) is 46.2 Å². The van der Waals surface area contributed by atoms with Crippen LogP contribution in [0.4, 0.5) is 0 Å². The number of aryl methyl sites for hydroxylation is 2. The van der Waals surface area contributed by atoms with Crippen LogP contribution in [0, 0.1) is 6.92 Å². The Morgan fingerprint density at radius 2 is 1.93 bits per heavy atom. The highest BCUT2D eigenvalue weighted by atomic mass is 16.5. The van der Waals surface area contributed by atoms with Gasteiger partial charge in [0.15, 0.2) is 0 Å². The van der Waals surface area contributed by atoms with E-state index in [4.69, 9.17) is 9.72 Å². The molecule has 0 saturated heterocycles. The summed E-state index contributed by atoms with van der Waals surface area (Å²) in [7, 11) is 0. The lowest BCUT2D eigenvalue weighted by atomic mass is 10.2. The second kappa shape index (κ2) is 9.21. The lowest BCUT2D eigenvalue weighted by Gasteiger charge is -2.12. The Hall–Kier alpha value is -2.82. The molecule has 0 saturated carbocycles. The number of benzene rings is 2. The molecular weight excluding hydrogens is 338 g/mol. The predicted octanol–water partition coefficient (Wildman–Crippen LogP) is 4.23. The Labute approximate surface area is 160 Å². The molecule has 0 aliphatic heterocycles. The Morgan fingerprint density at radius 1 is 1.15 bits per heavy atom. The van der Waals surface area contributed by atoms with Gasteiger partial charge in [-0.15, -0.1) is 0 Å². The average molecular weight is 365 g/mol. The number of imidazole rings is 1. The van der Waals surface area contributed by atoms with E-state index in [1.54, 1.807) is 0 Å². The maximum Gasteiger partial charge on any atom is 0.220 e. The number of carbonyl (C=O) groups excluding carboxylic acids is 1. The predicted molar refractivity (Wildman–Crippen MR) is 108 cm³/mol. The molecule has 0 fully saturated rings. The van der Waals surface area contributed by atoms with Gasteiger partial charge < -0.3 is 14.6 Å². The normalized spacial score (nSPS) is 10.9. The molecule has 3 aromatic rings. The van der Waals surface area contributed by atoms with Gasteiger partial charge in [0.1, 0.15) is 11.6 Å². The molecule has 1 heterocycles. The summed E-state index contributed by atoms with van der Waals surface area (Å²) in [6, 6.07) is 16.1. The van der Waals surface area contributed by atoms with Gasteiger partial charge in [-0.05, 0) is 43.5 Å². The van der Waals surface area contributed by atoms with Crippen LogP contribution in [-0.4, -0.2) is 22.1 Å². The van der Waals surface area contributed by atoms with Gasteiger partial charge in [0.05, 0.1) is 24.2 Å². The SMILES string of the molecule is CCCC(=O)NCc1nc2ccccc2n1CCCOc1ccccc1C. The van der Waals surface area contributed by atoms with E-state index in [9.17, 15) is 4.79 Å². The van der Waals surface area contributed by atoms with E-state index in [2.05, 4.69) is 28.9 Å². The molecule has 0 atom stereocenters. The summed E-state index contributed by atoms with van der Waals surface area (Å²) in [5.74, 6) is 1.88. The van der Waals surface area contributed by atoms with Crippen molar-refractivity contribution in [3.63, 3.8) is 0 Å². The van der Waals surface area contributed by atoms with Crippen molar-refractivity contribution in [1.29, 1.82) is 0 Å². The van der Waals surface area contributed by atoms with E-state index < -0.39 is 0 Å². The summed E-state index contributed by atoms with van der Waals surface area (Å²) in [6.07, 6.45) is 2.26. The minimum atomic E-state index is 0.0685. The van der Waals surface area contributed by atoms with Crippen molar-refractivity contribution < 1.29 is 9.53 Å². The van der Waals surface area contributed by atoms with Crippen LogP contribution >= 0.6 is 0 Å². The number of hydrogen-bond donors (Lipinski definition) is 1. The lowest BCUT2D eigenvalue weighted by Crippen LogP contribution is -2.24. The van der Waals surface area contributed by atoms with Crippen molar-refractivity contribution >= 4 is 16.9 Å². The number of amides is 1. The first-order valence-electron chi connectivity index (χ1n) is 9.58. The molecule has 0 aliphatic carbocycles. The summed E-state index contributed by atoms with van der Waals surface area (Å²) < 4.78 is 8.10. The molecule has 0 bridgehead atoms. The first kappa shape index (κ1) is 19.0. The number of aromatic nitrogens is 2. The summed E-state index contributed by atoms with van der Waals surface area (Å²) in [5, 5.41) is 2.97. The molecule has 5 heteroatoms. The summed E-state index contributed by atoms with van der Waals surface area (Å²) >= 11 is 0. The molecule has 1 amide bonds. The van der Waals surface area contributed by atoms with E-state index in [0.29, 0.717) is 19.6 Å². The van der Waals surface area contributed by atoms with Gasteiger partial charge in [-0.2, -0.15) is 0 Å². The quantitative estimate of drug-likeness (QED) is 0.577. The first-order valence-corrected chi connectivity index (χ1v) is 9.58. The fraction of sp³-hybridized carbons (Fsp3) is 0.364. The lowest BCUT2D eigenvalue weighted by molar-refractivity contribution is -0.121. The molecule has 27 heavy (non-hydrogen) atoms. The van der Waals surface area contributed by atoms with Crippen LogP contribution in [-0.2, 0) is 17.9 Å². The van der Waals surface area contributed by atoms with Crippen molar-refractivity contribution in [2.75, 3.05) is 6.61 Å². The highest BCUT2D eigenvalue weighted by Crippen LogP contribution is 2.18. The van der Waals surface area contributed by atoms with E-state index in [1.165, 1.54) is 0 Å². The number of nitrogens with zero attached hydrogens (tertiary/aromatic N) is 2. The summed E-state index contributed by atoms with van der Waals surface area (Å²) in [4.78, 5) is 16.5. The summed E-state index contributed by atoms with van der Waals surface area (Å²) in [6.45, 7) is 5.94. The zero-order valence-corrected chi connectivity index (χ0v) is 16.1. The van der Waals surface area contributed by atoms with Gasteiger partial charge in [-0.25, -0.2) is 4.98 Å². The number of hydrogen-bond acceptors (Lipinski definition) is 3. The monoisotopic (exact) mass is 365 g/mol. The highest BCUT2D eigenvalue weighted by Gasteiger charge is 2.11. The van der Waals surface area contributed by atoms with Gasteiger partial charge >= 0.3 is 0 Å². The maximum atomic E-state index is 11.8. The smallest absolute Gasteiger partial charge is 0.220 e. The summed E-state index contributed by atoms with van der Waals surface area (Å²) in [5.41, 5.74) is 3.19. The van der Waals surface area contributed by atoms with Crippen molar-refractivity contribution in [3.05, 3.63) is 59.9 Å². The third-order valence-corrected chi connectivity index (χ3v) is 4.53. The average Bonchev–Trinajstić information content (AvgIpc) is 3.03. The minimum Gasteiger partial charge on any atom is -0.493 e. The van der Waals surface area contributed by atoms with Gasteiger partial charge in [0.25, 0.3) is 0 Å². The van der Waals surface area contributed by atoms with Crippen molar-refractivity contribution in [3.8, 4) is 5.75 Å². The van der Waals surface area contributed by atoms with Crippen LogP contribution in [0.3, 0.4) is 0 Å². The third-order valence-electron chi connectivity index (χ3n) is 4.53. The molecule has 0 spiro atoms.